The first-order chi connectivity index (χ1) is 12.6. The summed E-state index contributed by atoms with van der Waals surface area (Å²) >= 11 is 0. The Hall–Kier alpha value is -3.80. The number of non-ortho nitro benzene ring substituents is 1. The van der Waals surface area contributed by atoms with Crippen molar-refractivity contribution in [2.75, 3.05) is 5.32 Å². The van der Waals surface area contributed by atoms with Crippen molar-refractivity contribution in [1.82, 2.24) is 4.98 Å². The van der Waals surface area contributed by atoms with Crippen LogP contribution >= 0.6 is 0 Å². The molecule has 0 radical (unpaired) electrons. The SMILES string of the molecule is O=C(Nc1c2ccccc2nc2ccccc12)c1ccc([N+](=O)[O-])cc1. The van der Waals surface area contributed by atoms with Crippen LogP contribution in [0.15, 0.2) is 72.8 Å². The standard InChI is InChI=1S/C20H13N3O3/c24-20(13-9-11-14(12-10-13)23(25)26)22-19-15-5-1-3-7-17(15)21-18-8-4-2-6-16(18)19/h1-12H,(H,21,22,24). The van der Waals surface area contributed by atoms with Gasteiger partial charge in [0.1, 0.15) is 0 Å². The minimum atomic E-state index is -0.494. The van der Waals surface area contributed by atoms with Crippen molar-refractivity contribution in [2.45, 2.75) is 0 Å². The summed E-state index contributed by atoms with van der Waals surface area (Å²) in [5, 5.41) is 15.4. The van der Waals surface area contributed by atoms with E-state index in [4.69, 9.17) is 0 Å². The number of carbonyl (C=O) groups is 1. The van der Waals surface area contributed by atoms with Crippen LogP contribution < -0.4 is 5.32 Å². The third-order valence-corrected chi connectivity index (χ3v) is 4.17. The number of nitro benzene ring substituents is 1. The number of aromatic nitrogens is 1. The number of hydrogen-bond acceptors (Lipinski definition) is 4. The number of nitrogens with zero attached hydrogens (tertiary/aromatic N) is 2. The molecule has 26 heavy (non-hydrogen) atoms. The summed E-state index contributed by atoms with van der Waals surface area (Å²) < 4.78 is 0. The molecule has 0 saturated heterocycles. The Morgan fingerprint density at radius 2 is 1.38 bits per heavy atom. The lowest BCUT2D eigenvalue weighted by Crippen LogP contribution is -2.12. The number of benzene rings is 3. The maximum Gasteiger partial charge on any atom is 0.269 e. The fraction of sp³-hybridized carbons (Fsp3) is 0. The summed E-state index contributed by atoms with van der Waals surface area (Å²) in [6.45, 7) is 0. The van der Waals surface area contributed by atoms with Crippen LogP contribution in [0.2, 0.25) is 0 Å². The van der Waals surface area contributed by atoms with Crippen LogP contribution in [0.1, 0.15) is 10.4 Å². The van der Waals surface area contributed by atoms with E-state index in [1.807, 2.05) is 48.5 Å². The molecule has 1 amide bonds. The normalized spacial score (nSPS) is 10.8. The van der Waals surface area contributed by atoms with E-state index >= 15 is 0 Å². The fourth-order valence-corrected chi connectivity index (χ4v) is 2.89. The monoisotopic (exact) mass is 343 g/mol. The molecule has 1 aromatic heterocycles. The number of para-hydroxylation sites is 2. The van der Waals surface area contributed by atoms with E-state index in [-0.39, 0.29) is 11.6 Å². The molecule has 3 aromatic carbocycles. The largest absolute Gasteiger partial charge is 0.321 e. The second kappa shape index (κ2) is 6.25. The Balaban J connectivity index is 1.80. The molecule has 1 heterocycles. The molecule has 4 aromatic rings. The number of carbonyl (C=O) groups excluding carboxylic acids is 1. The summed E-state index contributed by atoms with van der Waals surface area (Å²) in [4.78, 5) is 27.6. The van der Waals surface area contributed by atoms with E-state index in [1.54, 1.807) is 0 Å². The Labute approximate surface area is 148 Å². The van der Waals surface area contributed by atoms with Crippen molar-refractivity contribution in [3.63, 3.8) is 0 Å². The lowest BCUT2D eigenvalue weighted by molar-refractivity contribution is -0.384. The Bertz CT molecular complexity index is 1100. The van der Waals surface area contributed by atoms with Crippen LogP contribution in [-0.2, 0) is 0 Å². The average molecular weight is 343 g/mol. The number of amides is 1. The second-order valence-corrected chi connectivity index (χ2v) is 5.78. The van der Waals surface area contributed by atoms with E-state index in [0.29, 0.717) is 11.3 Å². The summed E-state index contributed by atoms with van der Waals surface area (Å²) in [7, 11) is 0. The van der Waals surface area contributed by atoms with E-state index in [1.165, 1.54) is 24.3 Å². The van der Waals surface area contributed by atoms with Gasteiger partial charge in [0.05, 0.1) is 21.6 Å². The van der Waals surface area contributed by atoms with Crippen molar-refractivity contribution in [3.8, 4) is 0 Å². The smallest absolute Gasteiger partial charge is 0.269 e. The number of nitrogens with one attached hydrogen (secondary N) is 1. The molecule has 0 aliphatic carbocycles. The quantitative estimate of drug-likeness (QED) is 0.336. The first-order valence-electron chi connectivity index (χ1n) is 7.97. The summed E-state index contributed by atoms with van der Waals surface area (Å²) in [6, 6.07) is 20.7. The summed E-state index contributed by atoms with van der Waals surface area (Å²) in [6.07, 6.45) is 0. The van der Waals surface area contributed by atoms with Gasteiger partial charge in [0.2, 0.25) is 0 Å². The van der Waals surface area contributed by atoms with Crippen LogP contribution in [0, 0.1) is 10.1 Å². The van der Waals surface area contributed by atoms with Gasteiger partial charge in [-0.25, -0.2) is 4.98 Å². The van der Waals surface area contributed by atoms with Crippen molar-refractivity contribution in [1.29, 1.82) is 0 Å². The van der Waals surface area contributed by atoms with Gasteiger partial charge in [0, 0.05) is 28.5 Å². The van der Waals surface area contributed by atoms with Crippen molar-refractivity contribution < 1.29 is 9.72 Å². The van der Waals surface area contributed by atoms with Gasteiger partial charge in [0.25, 0.3) is 11.6 Å². The molecule has 0 aliphatic rings. The predicted molar refractivity (Wildman–Crippen MR) is 100 cm³/mol. The van der Waals surface area contributed by atoms with Crippen molar-refractivity contribution in [2.24, 2.45) is 0 Å². The first kappa shape index (κ1) is 15.7. The van der Waals surface area contributed by atoms with Gasteiger partial charge in [-0.1, -0.05) is 36.4 Å². The number of nitro groups is 1. The average Bonchev–Trinajstić information content (AvgIpc) is 2.67. The third-order valence-electron chi connectivity index (χ3n) is 4.17. The van der Waals surface area contributed by atoms with E-state index in [0.717, 1.165) is 21.8 Å². The first-order valence-corrected chi connectivity index (χ1v) is 7.97. The number of pyridine rings is 1. The van der Waals surface area contributed by atoms with Crippen LogP contribution in [0.3, 0.4) is 0 Å². The molecule has 0 bridgehead atoms. The Kier molecular flexibility index (Phi) is 3.78. The number of anilines is 1. The summed E-state index contributed by atoms with van der Waals surface area (Å²) in [5.41, 5.74) is 2.53. The number of rotatable bonds is 3. The molecule has 0 saturated carbocycles. The van der Waals surface area contributed by atoms with Crippen LogP contribution in [0.25, 0.3) is 21.8 Å². The Morgan fingerprint density at radius 1 is 0.846 bits per heavy atom. The summed E-state index contributed by atoms with van der Waals surface area (Å²) in [5.74, 6) is -0.332. The fourth-order valence-electron chi connectivity index (χ4n) is 2.89. The second-order valence-electron chi connectivity index (χ2n) is 5.78. The van der Waals surface area contributed by atoms with Gasteiger partial charge < -0.3 is 5.32 Å². The van der Waals surface area contributed by atoms with Gasteiger partial charge in [-0.3, -0.25) is 14.9 Å². The molecular formula is C20H13N3O3. The van der Waals surface area contributed by atoms with Gasteiger partial charge in [-0.2, -0.15) is 0 Å². The molecule has 6 heteroatoms. The van der Waals surface area contributed by atoms with Gasteiger partial charge in [-0.15, -0.1) is 0 Å². The predicted octanol–water partition coefficient (Wildman–Crippen LogP) is 4.55. The van der Waals surface area contributed by atoms with Gasteiger partial charge >= 0.3 is 0 Å². The van der Waals surface area contributed by atoms with Crippen LogP contribution in [0.4, 0.5) is 11.4 Å². The zero-order chi connectivity index (χ0) is 18.1. The third kappa shape index (κ3) is 2.73. The zero-order valence-electron chi connectivity index (χ0n) is 13.5. The number of fused-ring (bicyclic) bond motifs is 2. The molecule has 0 spiro atoms. The number of hydrogen-bond donors (Lipinski definition) is 1. The zero-order valence-corrected chi connectivity index (χ0v) is 13.5. The van der Waals surface area contributed by atoms with Crippen LogP contribution in [0.5, 0.6) is 0 Å². The molecule has 0 unspecified atom stereocenters. The molecule has 6 nitrogen and oxygen atoms in total. The van der Waals surface area contributed by atoms with Gasteiger partial charge in [0.15, 0.2) is 0 Å². The lowest BCUT2D eigenvalue weighted by Gasteiger charge is -2.12. The van der Waals surface area contributed by atoms with Crippen molar-refractivity contribution >= 4 is 39.1 Å². The maximum atomic E-state index is 12.7. The molecule has 0 aliphatic heterocycles. The highest BCUT2D eigenvalue weighted by atomic mass is 16.6. The highest BCUT2D eigenvalue weighted by Crippen LogP contribution is 2.31. The maximum absolute atomic E-state index is 12.7. The highest BCUT2D eigenvalue weighted by Gasteiger charge is 2.14. The van der Waals surface area contributed by atoms with Crippen molar-refractivity contribution in [3.05, 3.63) is 88.5 Å². The molecule has 126 valence electrons. The van der Waals surface area contributed by atoms with E-state index < -0.39 is 4.92 Å². The minimum absolute atomic E-state index is 0.0543. The molecule has 0 fully saturated rings. The molecule has 4 rings (SSSR count). The molecule has 0 atom stereocenters. The van der Waals surface area contributed by atoms with E-state index in [9.17, 15) is 14.9 Å². The molecule has 1 N–H and O–H groups in total. The van der Waals surface area contributed by atoms with Gasteiger partial charge in [-0.05, 0) is 24.3 Å². The Morgan fingerprint density at radius 3 is 1.92 bits per heavy atom. The topological polar surface area (TPSA) is 85.1 Å². The molecular weight excluding hydrogens is 330 g/mol. The minimum Gasteiger partial charge on any atom is -0.321 e. The highest BCUT2D eigenvalue weighted by molar-refractivity contribution is 6.16. The van der Waals surface area contributed by atoms with E-state index in [2.05, 4.69) is 10.3 Å². The van der Waals surface area contributed by atoms with Crippen LogP contribution in [-0.4, -0.2) is 15.8 Å². The lowest BCUT2D eigenvalue weighted by atomic mass is 10.1.